The molecule has 3 nitrogen and oxygen atoms in total. The summed E-state index contributed by atoms with van der Waals surface area (Å²) in [6.45, 7) is 5.13. The van der Waals surface area contributed by atoms with E-state index >= 15 is 0 Å². The molecule has 2 atom stereocenters. The second kappa shape index (κ2) is 8.02. The second-order valence-corrected chi connectivity index (χ2v) is 7.08. The number of rotatable bonds is 5. The van der Waals surface area contributed by atoms with Crippen LogP contribution in [-0.4, -0.2) is 24.5 Å². The van der Waals surface area contributed by atoms with Crippen LogP contribution in [-0.2, 0) is 4.79 Å². The number of amides is 1. The Morgan fingerprint density at radius 2 is 1.65 bits per heavy atom. The fourth-order valence-corrected chi connectivity index (χ4v) is 3.96. The molecule has 0 heterocycles. The predicted molar refractivity (Wildman–Crippen MR) is 83.6 cm³/mol. The Kier molecular flexibility index (Phi) is 6.34. The summed E-state index contributed by atoms with van der Waals surface area (Å²) >= 11 is 0. The van der Waals surface area contributed by atoms with Crippen LogP contribution in [0.4, 0.5) is 0 Å². The molecule has 2 saturated carbocycles. The van der Waals surface area contributed by atoms with E-state index in [0.717, 1.165) is 5.92 Å². The summed E-state index contributed by atoms with van der Waals surface area (Å²) in [5, 5.41) is 6.73. The average Bonchev–Trinajstić information content (AvgIpc) is 2.46. The van der Waals surface area contributed by atoms with Crippen LogP contribution < -0.4 is 10.6 Å². The maximum atomic E-state index is 12.1. The fraction of sp³-hybridized carbons (Fsp3) is 0.941. The molecule has 3 heteroatoms. The van der Waals surface area contributed by atoms with Gasteiger partial charge in [0.1, 0.15) is 0 Å². The molecule has 1 amide bonds. The van der Waals surface area contributed by atoms with Gasteiger partial charge in [0.05, 0.1) is 6.54 Å². The van der Waals surface area contributed by atoms with Gasteiger partial charge in [0.25, 0.3) is 0 Å². The van der Waals surface area contributed by atoms with E-state index in [1.165, 1.54) is 57.8 Å². The molecule has 0 bridgehead atoms. The molecule has 0 aromatic carbocycles. The molecule has 0 aromatic rings. The van der Waals surface area contributed by atoms with E-state index < -0.39 is 0 Å². The summed E-state index contributed by atoms with van der Waals surface area (Å²) < 4.78 is 0. The van der Waals surface area contributed by atoms with Gasteiger partial charge in [-0.3, -0.25) is 4.79 Å². The number of carbonyl (C=O) groups is 1. The zero-order valence-electron chi connectivity index (χ0n) is 13.3. The average molecular weight is 280 g/mol. The summed E-state index contributed by atoms with van der Waals surface area (Å²) in [6, 6.07) is 0.978. The Balaban J connectivity index is 1.71. The van der Waals surface area contributed by atoms with Crippen LogP contribution in [0, 0.1) is 11.8 Å². The molecule has 0 aromatic heterocycles. The first-order valence-corrected chi connectivity index (χ1v) is 8.69. The van der Waals surface area contributed by atoms with Gasteiger partial charge in [-0.1, -0.05) is 46.0 Å². The predicted octanol–water partition coefficient (Wildman–Crippen LogP) is 3.24. The third kappa shape index (κ3) is 4.76. The molecule has 2 aliphatic carbocycles. The summed E-state index contributed by atoms with van der Waals surface area (Å²) in [7, 11) is 0. The molecule has 20 heavy (non-hydrogen) atoms. The van der Waals surface area contributed by atoms with E-state index in [1.54, 1.807) is 0 Å². The zero-order valence-corrected chi connectivity index (χ0v) is 13.3. The van der Waals surface area contributed by atoms with Crippen molar-refractivity contribution < 1.29 is 4.79 Å². The Morgan fingerprint density at radius 3 is 2.35 bits per heavy atom. The monoisotopic (exact) mass is 280 g/mol. The van der Waals surface area contributed by atoms with E-state index in [0.29, 0.717) is 24.5 Å². The van der Waals surface area contributed by atoms with Crippen LogP contribution in [0.2, 0.25) is 0 Å². The van der Waals surface area contributed by atoms with Crippen molar-refractivity contribution in [1.29, 1.82) is 0 Å². The topological polar surface area (TPSA) is 41.1 Å². The quantitative estimate of drug-likeness (QED) is 0.811. The van der Waals surface area contributed by atoms with Gasteiger partial charge in [-0.2, -0.15) is 0 Å². The SMILES string of the molecule is CC(C)C1CCCCC1NCC(=O)NC1CCCCC1. The summed E-state index contributed by atoms with van der Waals surface area (Å²) in [5.74, 6) is 1.66. The lowest BCUT2D eigenvalue weighted by Gasteiger charge is -2.35. The molecule has 2 unspecified atom stereocenters. The Labute approximate surface area is 124 Å². The van der Waals surface area contributed by atoms with E-state index in [2.05, 4.69) is 24.5 Å². The van der Waals surface area contributed by atoms with Gasteiger partial charge in [0.2, 0.25) is 5.91 Å². The number of hydrogen-bond acceptors (Lipinski definition) is 2. The second-order valence-electron chi connectivity index (χ2n) is 7.08. The van der Waals surface area contributed by atoms with Crippen molar-refractivity contribution in [3.63, 3.8) is 0 Å². The van der Waals surface area contributed by atoms with Crippen molar-refractivity contribution in [1.82, 2.24) is 10.6 Å². The highest BCUT2D eigenvalue weighted by Crippen LogP contribution is 2.30. The van der Waals surface area contributed by atoms with Gasteiger partial charge < -0.3 is 10.6 Å². The van der Waals surface area contributed by atoms with Gasteiger partial charge in [0.15, 0.2) is 0 Å². The molecule has 2 rings (SSSR count). The fourth-order valence-electron chi connectivity index (χ4n) is 3.96. The first kappa shape index (κ1) is 15.8. The van der Waals surface area contributed by atoms with Gasteiger partial charge in [-0.15, -0.1) is 0 Å². The van der Waals surface area contributed by atoms with Crippen LogP contribution in [0.1, 0.15) is 71.6 Å². The minimum absolute atomic E-state index is 0.199. The van der Waals surface area contributed by atoms with Crippen molar-refractivity contribution in [2.24, 2.45) is 11.8 Å². The molecule has 2 N–H and O–H groups in total. The van der Waals surface area contributed by atoms with Crippen molar-refractivity contribution in [2.45, 2.75) is 83.7 Å². The highest BCUT2D eigenvalue weighted by atomic mass is 16.1. The first-order valence-electron chi connectivity index (χ1n) is 8.69. The number of hydrogen-bond donors (Lipinski definition) is 2. The van der Waals surface area contributed by atoms with Crippen molar-refractivity contribution in [2.75, 3.05) is 6.54 Å². The third-order valence-corrected chi connectivity index (χ3v) is 5.17. The minimum atomic E-state index is 0.199. The summed E-state index contributed by atoms with van der Waals surface area (Å²) in [5.41, 5.74) is 0. The summed E-state index contributed by atoms with van der Waals surface area (Å²) in [6.07, 6.45) is 11.4. The lowest BCUT2D eigenvalue weighted by Crippen LogP contribution is -2.47. The largest absolute Gasteiger partial charge is 0.352 e. The van der Waals surface area contributed by atoms with Crippen molar-refractivity contribution in [3.05, 3.63) is 0 Å². The van der Waals surface area contributed by atoms with Crippen LogP contribution in [0.25, 0.3) is 0 Å². The van der Waals surface area contributed by atoms with E-state index in [4.69, 9.17) is 0 Å². The van der Waals surface area contributed by atoms with Crippen LogP contribution >= 0.6 is 0 Å². The Bertz CT molecular complexity index is 297. The molecule has 2 fully saturated rings. The normalized spacial score (nSPS) is 28.6. The van der Waals surface area contributed by atoms with Gasteiger partial charge in [-0.05, 0) is 37.5 Å². The van der Waals surface area contributed by atoms with E-state index in [-0.39, 0.29) is 5.91 Å². The smallest absolute Gasteiger partial charge is 0.234 e. The highest BCUT2D eigenvalue weighted by Gasteiger charge is 2.27. The Hall–Kier alpha value is -0.570. The lowest BCUT2D eigenvalue weighted by molar-refractivity contribution is -0.121. The van der Waals surface area contributed by atoms with Gasteiger partial charge in [-0.25, -0.2) is 0 Å². The molecule has 0 spiro atoms. The maximum Gasteiger partial charge on any atom is 0.234 e. The molecular formula is C17H32N2O. The van der Waals surface area contributed by atoms with E-state index in [1.807, 2.05) is 0 Å². The molecular weight excluding hydrogens is 248 g/mol. The van der Waals surface area contributed by atoms with Crippen LogP contribution in [0.15, 0.2) is 0 Å². The Morgan fingerprint density at radius 1 is 1.00 bits per heavy atom. The first-order chi connectivity index (χ1) is 9.66. The minimum Gasteiger partial charge on any atom is -0.352 e. The van der Waals surface area contributed by atoms with Crippen LogP contribution in [0.5, 0.6) is 0 Å². The lowest BCUT2D eigenvalue weighted by atomic mass is 9.78. The summed E-state index contributed by atoms with van der Waals surface area (Å²) in [4.78, 5) is 12.1. The van der Waals surface area contributed by atoms with Gasteiger partial charge >= 0.3 is 0 Å². The highest BCUT2D eigenvalue weighted by molar-refractivity contribution is 5.78. The van der Waals surface area contributed by atoms with Crippen molar-refractivity contribution >= 4 is 5.91 Å². The van der Waals surface area contributed by atoms with Crippen LogP contribution in [0.3, 0.4) is 0 Å². The van der Waals surface area contributed by atoms with Crippen molar-refractivity contribution in [3.8, 4) is 0 Å². The molecule has 2 aliphatic rings. The van der Waals surface area contributed by atoms with E-state index in [9.17, 15) is 4.79 Å². The van der Waals surface area contributed by atoms with Gasteiger partial charge in [0, 0.05) is 12.1 Å². The molecule has 0 aliphatic heterocycles. The molecule has 0 saturated heterocycles. The third-order valence-electron chi connectivity index (χ3n) is 5.17. The molecule has 0 radical (unpaired) electrons. The standard InChI is InChI=1S/C17H32N2O/c1-13(2)15-10-6-7-11-16(15)18-12-17(20)19-14-8-4-3-5-9-14/h13-16,18H,3-12H2,1-2H3,(H,19,20). The molecule has 116 valence electrons. The maximum absolute atomic E-state index is 12.1. The number of carbonyl (C=O) groups excluding carboxylic acids is 1. The zero-order chi connectivity index (χ0) is 14.4. The number of nitrogens with one attached hydrogen (secondary N) is 2.